The highest BCUT2D eigenvalue weighted by atomic mass is 35.5. The first kappa shape index (κ1) is 11.9. The van der Waals surface area contributed by atoms with Gasteiger partial charge in [-0.15, -0.1) is 0 Å². The molecule has 1 nitrogen and oxygen atoms in total. The smallest absolute Gasteiger partial charge is 0.116 e. The average molecular weight is 242 g/mol. The van der Waals surface area contributed by atoms with Crippen molar-refractivity contribution in [2.45, 2.75) is 44.3 Å². The van der Waals surface area contributed by atoms with Crippen molar-refractivity contribution in [2.24, 2.45) is 5.73 Å². The molecule has 1 aromatic rings. The zero-order valence-electron chi connectivity index (χ0n) is 9.31. The maximum Gasteiger partial charge on any atom is 0.116 e. The highest BCUT2D eigenvalue weighted by Gasteiger charge is 2.31. The van der Waals surface area contributed by atoms with Crippen LogP contribution in [0.2, 0.25) is 5.02 Å². The van der Waals surface area contributed by atoms with Crippen molar-refractivity contribution in [1.29, 1.82) is 0 Å². The molecule has 2 N–H and O–H groups in total. The van der Waals surface area contributed by atoms with E-state index < -0.39 is 6.67 Å². The van der Waals surface area contributed by atoms with Gasteiger partial charge < -0.3 is 5.73 Å². The number of hydrogen-bond acceptors (Lipinski definition) is 1. The van der Waals surface area contributed by atoms with E-state index in [0.29, 0.717) is 10.6 Å². The van der Waals surface area contributed by atoms with Gasteiger partial charge in [0.25, 0.3) is 0 Å². The van der Waals surface area contributed by atoms with Gasteiger partial charge in [0.2, 0.25) is 0 Å². The van der Waals surface area contributed by atoms with Gasteiger partial charge in [0.15, 0.2) is 0 Å². The first-order valence-corrected chi connectivity index (χ1v) is 6.18. The summed E-state index contributed by atoms with van der Waals surface area (Å²) in [5.41, 5.74) is 7.51. The Morgan fingerprint density at radius 3 is 2.56 bits per heavy atom. The molecule has 0 radical (unpaired) electrons. The van der Waals surface area contributed by atoms with Gasteiger partial charge in [-0.25, -0.2) is 4.39 Å². The summed E-state index contributed by atoms with van der Waals surface area (Å²) < 4.78 is 13.0. The lowest BCUT2D eigenvalue weighted by Crippen LogP contribution is -2.39. The molecule has 0 spiro atoms. The molecule has 1 saturated carbocycles. The molecule has 2 rings (SSSR count). The van der Waals surface area contributed by atoms with E-state index in [1.54, 1.807) is 6.07 Å². The minimum Gasteiger partial charge on any atom is -0.321 e. The van der Waals surface area contributed by atoms with Crippen LogP contribution < -0.4 is 5.73 Å². The Bertz CT molecular complexity index is 372. The number of alkyl halides is 1. The van der Waals surface area contributed by atoms with Crippen molar-refractivity contribution in [3.05, 3.63) is 34.3 Å². The van der Waals surface area contributed by atoms with E-state index >= 15 is 0 Å². The lowest BCUT2D eigenvalue weighted by atomic mass is 9.76. The van der Waals surface area contributed by atoms with Crippen LogP contribution in [0.5, 0.6) is 0 Å². The van der Waals surface area contributed by atoms with Gasteiger partial charge in [-0.3, -0.25) is 0 Å². The number of rotatable bonds is 2. The van der Waals surface area contributed by atoms with E-state index in [1.807, 2.05) is 12.1 Å². The largest absolute Gasteiger partial charge is 0.321 e. The number of hydrogen-bond donors (Lipinski definition) is 1. The summed E-state index contributed by atoms with van der Waals surface area (Å²) in [5, 5.41) is 0.496. The second-order valence-electron chi connectivity index (χ2n) is 4.62. The highest BCUT2D eigenvalue weighted by Crippen LogP contribution is 2.38. The van der Waals surface area contributed by atoms with E-state index in [-0.39, 0.29) is 5.54 Å². The van der Waals surface area contributed by atoms with Crippen LogP contribution in [0.1, 0.15) is 43.2 Å². The molecule has 3 heteroatoms. The van der Waals surface area contributed by atoms with Gasteiger partial charge in [-0.05, 0) is 24.5 Å². The SMILES string of the molecule is NC1(c2cccc(Cl)c2CF)CCCCC1. The van der Waals surface area contributed by atoms with Gasteiger partial charge in [-0.2, -0.15) is 0 Å². The summed E-state index contributed by atoms with van der Waals surface area (Å²) in [6, 6.07) is 5.51. The minimum absolute atomic E-state index is 0.370. The number of nitrogens with two attached hydrogens (primary N) is 1. The van der Waals surface area contributed by atoms with Gasteiger partial charge >= 0.3 is 0 Å². The van der Waals surface area contributed by atoms with Crippen LogP contribution in [0.3, 0.4) is 0 Å². The van der Waals surface area contributed by atoms with Crippen molar-refractivity contribution >= 4 is 11.6 Å². The van der Waals surface area contributed by atoms with E-state index in [9.17, 15) is 4.39 Å². The Balaban J connectivity index is 2.41. The van der Waals surface area contributed by atoms with Gasteiger partial charge in [0.05, 0.1) is 0 Å². The predicted octanol–water partition coefficient (Wildman–Crippen LogP) is 3.93. The Morgan fingerprint density at radius 2 is 1.94 bits per heavy atom. The molecule has 0 unspecified atom stereocenters. The Kier molecular flexibility index (Phi) is 3.50. The Morgan fingerprint density at radius 1 is 1.25 bits per heavy atom. The molecule has 1 aliphatic rings. The van der Waals surface area contributed by atoms with Crippen LogP contribution in [-0.4, -0.2) is 0 Å². The molecule has 0 aromatic heterocycles. The molecule has 0 aliphatic heterocycles. The van der Waals surface area contributed by atoms with Crippen molar-refractivity contribution in [2.75, 3.05) is 0 Å². The Labute approximate surface area is 101 Å². The van der Waals surface area contributed by atoms with E-state index in [4.69, 9.17) is 17.3 Å². The predicted molar refractivity (Wildman–Crippen MR) is 65.2 cm³/mol. The molecule has 16 heavy (non-hydrogen) atoms. The van der Waals surface area contributed by atoms with E-state index in [0.717, 1.165) is 31.2 Å². The fraction of sp³-hybridized carbons (Fsp3) is 0.538. The third-order valence-electron chi connectivity index (χ3n) is 3.53. The van der Waals surface area contributed by atoms with Crippen molar-refractivity contribution in [3.63, 3.8) is 0 Å². The molecule has 0 saturated heterocycles. The van der Waals surface area contributed by atoms with E-state index in [1.165, 1.54) is 6.42 Å². The quantitative estimate of drug-likeness (QED) is 0.834. The molecule has 0 amide bonds. The lowest BCUT2D eigenvalue weighted by molar-refractivity contribution is 0.297. The third kappa shape index (κ3) is 2.09. The summed E-state index contributed by atoms with van der Waals surface area (Å²) in [6.07, 6.45) is 5.33. The topological polar surface area (TPSA) is 26.0 Å². The van der Waals surface area contributed by atoms with Crippen LogP contribution >= 0.6 is 11.6 Å². The molecular formula is C13H17ClFN. The standard InChI is InChI=1S/C13H17ClFN/c14-12-6-4-5-11(10(12)9-15)13(16)7-2-1-3-8-13/h4-6H,1-3,7-9,16H2. The van der Waals surface area contributed by atoms with Crippen LogP contribution in [0.25, 0.3) is 0 Å². The zero-order chi connectivity index (χ0) is 11.6. The van der Waals surface area contributed by atoms with Crippen LogP contribution in [0.4, 0.5) is 4.39 Å². The number of halogens is 2. The van der Waals surface area contributed by atoms with Crippen LogP contribution in [0.15, 0.2) is 18.2 Å². The molecule has 1 aromatic carbocycles. The fourth-order valence-corrected chi connectivity index (χ4v) is 2.84. The second kappa shape index (κ2) is 4.72. The maximum atomic E-state index is 13.0. The highest BCUT2D eigenvalue weighted by molar-refractivity contribution is 6.31. The summed E-state index contributed by atoms with van der Waals surface area (Å²) in [4.78, 5) is 0. The fourth-order valence-electron chi connectivity index (χ4n) is 2.61. The summed E-state index contributed by atoms with van der Waals surface area (Å²) in [5.74, 6) is 0. The van der Waals surface area contributed by atoms with Crippen molar-refractivity contribution in [3.8, 4) is 0 Å². The molecule has 1 aliphatic carbocycles. The summed E-state index contributed by atoms with van der Waals surface area (Å²) >= 11 is 6.02. The molecule has 0 atom stereocenters. The summed E-state index contributed by atoms with van der Waals surface area (Å²) in [6.45, 7) is -0.534. The average Bonchev–Trinajstić information content (AvgIpc) is 2.29. The van der Waals surface area contributed by atoms with Crippen LogP contribution in [-0.2, 0) is 12.2 Å². The molecular weight excluding hydrogens is 225 g/mol. The maximum absolute atomic E-state index is 13.0. The van der Waals surface area contributed by atoms with Crippen molar-refractivity contribution in [1.82, 2.24) is 0 Å². The second-order valence-corrected chi connectivity index (χ2v) is 5.02. The van der Waals surface area contributed by atoms with Gasteiger partial charge in [0.1, 0.15) is 6.67 Å². The first-order valence-electron chi connectivity index (χ1n) is 5.80. The van der Waals surface area contributed by atoms with Crippen LogP contribution in [0, 0.1) is 0 Å². The summed E-state index contributed by atoms with van der Waals surface area (Å²) in [7, 11) is 0. The first-order chi connectivity index (χ1) is 7.67. The molecule has 1 fully saturated rings. The normalized spacial score (nSPS) is 19.7. The zero-order valence-corrected chi connectivity index (χ0v) is 10.1. The van der Waals surface area contributed by atoms with Gasteiger partial charge in [0, 0.05) is 16.1 Å². The van der Waals surface area contributed by atoms with Gasteiger partial charge in [-0.1, -0.05) is 43.0 Å². The third-order valence-corrected chi connectivity index (χ3v) is 3.89. The monoisotopic (exact) mass is 241 g/mol. The minimum atomic E-state index is -0.534. The lowest BCUT2D eigenvalue weighted by Gasteiger charge is -2.35. The van der Waals surface area contributed by atoms with E-state index in [2.05, 4.69) is 0 Å². The Hall–Kier alpha value is -0.600. The number of benzene rings is 1. The molecule has 0 heterocycles. The molecule has 88 valence electrons. The molecule has 0 bridgehead atoms. The van der Waals surface area contributed by atoms with Crippen molar-refractivity contribution < 1.29 is 4.39 Å².